The topological polar surface area (TPSA) is 66.8 Å². The lowest BCUT2D eigenvalue weighted by atomic mass is 10.2. The number of halogens is 1. The molecule has 0 aromatic rings. The molecule has 0 aromatic heterocycles. The van der Waals surface area contributed by atoms with Gasteiger partial charge >= 0.3 is 12.1 Å². The van der Waals surface area contributed by atoms with E-state index in [-0.39, 0.29) is 13.0 Å². The Balaban J connectivity index is 2.71. The monoisotopic (exact) mass is 191 g/mol. The standard InChI is InChI=1S/C7H10FNO4/c1-13-6(10)5-2-4(8)3-9(5)7(11)12/h4-5H,2-3H2,1H3,(H,11,12)/t4-,5+/m1/s1. The Morgan fingerprint density at radius 2 is 2.23 bits per heavy atom. The Morgan fingerprint density at radius 1 is 1.62 bits per heavy atom. The van der Waals surface area contributed by atoms with E-state index in [1.54, 1.807) is 0 Å². The van der Waals surface area contributed by atoms with Crippen molar-refractivity contribution in [3.05, 3.63) is 0 Å². The summed E-state index contributed by atoms with van der Waals surface area (Å²) in [5.74, 6) is -0.706. The number of hydrogen-bond acceptors (Lipinski definition) is 3. The van der Waals surface area contributed by atoms with E-state index in [0.29, 0.717) is 0 Å². The molecule has 6 heteroatoms. The van der Waals surface area contributed by atoms with Gasteiger partial charge in [0.1, 0.15) is 12.2 Å². The van der Waals surface area contributed by atoms with Crippen LogP contribution in [-0.2, 0) is 9.53 Å². The summed E-state index contributed by atoms with van der Waals surface area (Å²) >= 11 is 0. The Morgan fingerprint density at radius 3 is 2.69 bits per heavy atom. The number of carbonyl (C=O) groups is 2. The largest absolute Gasteiger partial charge is 0.467 e. The van der Waals surface area contributed by atoms with Gasteiger partial charge in [-0.2, -0.15) is 0 Å². The number of esters is 1. The van der Waals surface area contributed by atoms with Gasteiger partial charge in [0, 0.05) is 6.42 Å². The fraction of sp³-hybridized carbons (Fsp3) is 0.714. The van der Waals surface area contributed by atoms with Crippen molar-refractivity contribution in [1.29, 1.82) is 0 Å². The van der Waals surface area contributed by atoms with Gasteiger partial charge in [0.2, 0.25) is 0 Å². The molecule has 0 bridgehead atoms. The summed E-state index contributed by atoms with van der Waals surface area (Å²) in [7, 11) is 1.15. The van der Waals surface area contributed by atoms with Crippen LogP contribution in [0.3, 0.4) is 0 Å². The van der Waals surface area contributed by atoms with Crippen LogP contribution in [-0.4, -0.2) is 47.9 Å². The number of carbonyl (C=O) groups excluding carboxylic acids is 1. The second-order valence-corrected chi connectivity index (χ2v) is 2.81. The molecule has 1 aliphatic heterocycles. The predicted molar refractivity (Wildman–Crippen MR) is 40.0 cm³/mol. The fourth-order valence-corrected chi connectivity index (χ4v) is 1.36. The summed E-state index contributed by atoms with van der Waals surface area (Å²) in [6, 6.07) is -0.988. The van der Waals surface area contributed by atoms with Gasteiger partial charge in [-0.25, -0.2) is 14.0 Å². The minimum Gasteiger partial charge on any atom is -0.467 e. The van der Waals surface area contributed by atoms with Gasteiger partial charge in [-0.15, -0.1) is 0 Å². The Bertz CT molecular complexity index is 233. The lowest BCUT2D eigenvalue weighted by molar-refractivity contribution is -0.145. The third kappa shape index (κ3) is 1.88. The number of ether oxygens (including phenoxy) is 1. The van der Waals surface area contributed by atoms with Gasteiger partial charge in [0.05, 0.1) is 13.7 Å². The predicted octanol–water partition coefficient (Wildman–Crippen LogP) is 0.250. The fourth-order valence-electron chi connectivity index (χ4n) is 1.36. The average Bonchev–Trinajstić information content (AvgIpc) is 2.46. The van der Waals surface area contributed by atoms with Crippen LogP contribution in [0.2, 0.25) is 0 Å². The van der Waals surface area contributed by atoms with E-state index in [9.17, 15) is 14.0 Å². The Labute approximate surface area is 74.1 Å². The molecule has 1 aliphatic rings. The lowest BCUT2D eigenvalue weighted by Gasteiger charge is -2.17. The molecule has 0 spiro atoms. The molecule has 1 N–H and O–H groups in total. The van der Waals surface area contributed by atoms with E-state index in [1.165, 1.54) is 0 Å². The maximum absolute atomic E-state index is 12.8. The minimum absolute atomic E-state index is 0.112. The van der Waals surface area contributed by atoms with Crippen molar-refractivity contribution < 1.29 is 23.8 Å². The summed E-state index contributed by atoms with van der Waals surface area (Å²) in [5.41, 5.74) is 0. The quantitative estimate of drug-likeness (QED) is 0.603. The molecular weight excluding hydrogens is 181 g/mol. The molecule has 0 unspecified atom stereocenters. The zero-order valence-corrected chi connectivity index (χ0v) is 7.07. The van der Waals surface area contributed by atoms with E-state index in [2.05, 4.69) is 4.74 Å². The normalized spacial score (nSPS) is 27.4. The molecule has 0 radical (unpaired) electrons. The number of hydrogen-bond donors (Lipinski definition) is 1. The van der Waals surface area contributed by atoms with Crippen molar-refractivity contribution in [2.75, 3.05) is 13.7 Å². The van der Waals surface area contributed by atoms with Crippen LogP contribution in [0.4, 0.5) is 9.18 Å². The molecule has 1 saturated heterocycles. The van der Waals surface area contributed by atoms with Crippen molar-refractivity contribution >= 4 is 12.1 Å². The van der Waals surface area contributed by atoms with E-state index in [4.69, 9.17) is 5.11 Å². The van der Waals surface area contributed by atoms with Crippen LogP contribution in [0.25, 0.3) is 0 Å². The SMILES string of the molecule is COC(=O)[C@@H]1C[C@@H](F)CN1C(=O)O. The summed E-state index contributed by atoms with van der Waals surface area (Å²) in [6.45, 7) is -0.255. The van der Waals surface area contributed by atoms with Crippen molar-refractivity contribution in [1.82, 2.24) is 4.90 Å². The molecule has 1 amide bonds. The number of alkyl halides is 1. The number of amides is 1. The minimum atomic E-state index is -1.30. The second kappa shape index (κ2) is 3.59. The van der Waals surface area contributed by atoms with Crippen LogP contribution in [0.5, 0.6) is 0 Å². The molecule has 5 nitrogen and oxygen atoms in total. The van der Waals surface area contributed by atoms with Crippen LogP contribution in [0.15, 0.2) is 0 Å². The summed E-state index contributed by atoms with van der Waals surface area (Å²) in [6.07, 6.45) is -2.69. The Hall–Kier alpha value is -1.33. The van der Waals surface area contributed by atoms with Crippen LogP contribution in [0, 0.1) is 0 Å². The van der Waals surface area contributed by atoms with Crippen molar-refractivity contribution in [3.63, 3.8) is 0 Å². The molecule has 1 heterocycles. The number of likely N-dealkylation sites (tertiary alicyclic amines) is 1. The first kappa shape index (κ1) is 9.76. The Kier molecular flexibility index (Phi) is 2.69. The van der Waals surface area contributed by atoms with Crippen molar-refractivity contribution in [2.45, 2.75) is 18.6 Å². The molecular formula is C7H10FNO4. The van der Waals surface area contributed by atoms with Gasteiger partial charge < -0.3 is 9.84 Å². The van der Waals surface area contributed by atoms with Gasteiger partial charge in [-0.05, 0) is 0 Å². The highest BCUT2D eigenvalue weighted by molar-refractivity contribution is 5.81. The highest BCUT2D eigenvalue weighted by atomic mass is 19.1. The van der Waals surface area contributed by atoms with Gasteiger partial charge in [0.15, 0.2) is 0 Å². The molecule has 0 saturated carbocycles. The lowest BCUT2D eigenvalue weighted by Crippen LogP contribution is -2.40. The number of methoxy groups -OCH3 is 1. The van der Waals surface area contributed by atoms with Gasteiger partial charge in [-0.1, -0.05) is 0 Å². The maximum Gasteiger partial charge on any atom is 0.408 e. The highest BCUT2D eigenvalue weighted by Crippen LogP contribution is 2.21. The first-order chi connectivity index (χ1) is 6.06. The molecule has 0 aliphatic carbocycles. The van der Waals surface area contributed by atoms with E-state index in [0.717, 1.165) is 12.0 Å². The van der Waals surface area contributed by atoms with E-state index >= 15 is 0 Å². The van der Waals surface area contributed by atoms with Gasteiger partial charge in [0.25, 0.3) is 0 Å². The van der Waals surface area contributed by atoms with Crippen molar-refractivity contribution in [2.24, 2.45) is 0 Å². The molecule has 2 atom stereocenters. The van der Waals surface area contributed by atoms with Crippen LogP contribution in [0.1, 0.15) is 6.42 Å². The smallest absolute Gasteiger partial charge is 0.408 e. The van der Waals surface area contributed by atoms with Gasteiger partial charge in [-0.3, -0.25) is 4.90 Å². The second-order valence-electron chi connectivity index (χ2n) is 2.81. The zero-order chi connectivity index (χ0) is 10.0. The number of carboxylic acid groups (broad SMARTS) is 1. The molecule has 1 rings (SSSR count). The first-order valence-electron chi connectivity index (χ1n) is 3.77. The highest BCUT2D eigenvalue weighted by Gasteiger charge is 2.40. The zero-order valence-electron chi connectivity index (χ0n) is 7.07. The van der Waals surface area contributed by atoms with E-state index < -0.39 is 24.3 Å². The molecule has 13 heavy (non-hydrogen) atoms. The van der Waals surface area contributed by atoms with Crippen LogP contribution < -0.4 is 0 Å². The third-order valence-corrected chi connectivity index (χ3v) is 1.97. The summed E-state index contributed by atoms with van der Waals surface area (Å²) in [4.78, 5) is 22.3. The summed E-state index contributed by atoms with van der Waals surface area (Å²) in [5, 5.41) is 8.60. The maximum atomic E-state index is 12.8. The van der Waals surface area contributed by atoms with Crippen molar-refractivity contribution in [3.8, 4) is 0 Å². The molecule has 74 valence electrons. The average molecular weight is 191 g/mol. The molecule has 0 aromatic carbocycles. The third-order valence-electron chi connectivity index (χ3n) is 1.97. The first-order valence-corrected chi connectivity index (χ1v) is 3.77. The van der Waals surface area contributed by atoms with E-state index in [1.807, 2.05) is 0 Å². The van der Waals surface area contributed by atoms with Crippen LogP contribution >= 0.6 is 0 Å². The molecule has 1 fully saturated rings. The summed E-state index contributed by atoms with van der Waals surface area (Å²) < 4.78 is 17.1. The number of rotatable bonds is 1. The number of nitrogens with zero attached hydrogens (tertiary/aromatic N) is 1.